The lowest BCUT2D eigenvalue weighted by molar-refractivity contribution is -0.136. The molecule has 0 aliphatic heterocycles. The predicted octanol–water partition coefficient (Wildman–Crippen LogP) is 4.37. The molecule has 0 radical (unpaired) electrons. The van der Waals surface area contributed by atoms with Crippen molar-refractivity contribution in [2.75, 3.05) is 18.3 Å². The molecule has 0 aromatic heterocycles. The maximum Gasteiger partial charge on any atom is 0.307 e. The molecule has 0 bridgehead atoms. The van der Waals surface area contributed by atoms with Crippen LogP contribution in [0.5, 0.6) is 11.5 Å². The number of carbonyl (C=O) groups is 1. The van der Waals surface area contributed by atoms with Gasteiger partial charge in [0.05, 0.1) is 25.3 Å². The van der Waals surface area contributed by atoms with Crippen molar-refractivity contribution in [2.45, 2.75) is 19.3 Å². The SMILES string of the molecule is NN(/N=C1/C=CC=CC1)c1cc(Cl)ccc1OCCCOc1cccc(CC(=O)O)c1. The summed E-state index contributed by atoms with van der Waals surface area (Å²) in [5.74, 6) is 6.45. The monoisotopic (exact) mass is 441 g/mol. The number of nitrogens with zero attached hydrogens (tertiary/aromatic N) is 2. The topological polar surface area (TPSA) is 97.4 Å². The van der Waals surface area contributed by atoms with E-state index >= 15 is 0 Å². The molecule has 31 heavy (non-hydrogen) atoms. The van der Waals surface area contributed by atoms with E-state index < -0.39 is 5.97 Å². The summed E-state index contributed by atoms with van der Waals surface area (Å²) in [5.41, 5.74) is 2.08. The third-order valence-corrected chi connectivity index (χ3v) is 4.57. The van der Waals surface area contributed by atoms with Crippen molar-refractivity contribution in [3.05, 3.63) is 77.4 Å². The second-order valence-electron chi connectivity index (χ2n) is 6.81. The smallest absolute Gasteiger partial charge is 0.307 e. The summed E-state index contributed by atoms with van der Waals surface area (Å²) in [6.45, 7) is 0.821. The van der Waals surface area contributed by atoms with E-state index in [9.17, 15) is 4.79 Å². The zero-order valence-electron chi connectivity index (χ0n) is 16.9. The largest absolute Gasteiger partial charge is 0.493 e. The molecule has 0 amide bonds. The molecule has 0 spiro atoms. The van der Waals surface area contributed by atoms with Crippen LogP contribution in [0.2, 0.25) is 5.02 Å². The van der Waals surface area contributed by atoms with E-state index in [0.717, 1.165) is 5.71 Å². The Morgan fingerprint density at radius 2 is 2.00 bits per heavy atom. The summed E-state index contributed by atoms with van der Waals surface area (Å²) in [6.07, 6.45) is 9.05. The highest BCUT2D eigenvalue weighted by Crippen LogP contribution is 2.30. The number of aliphatic carboxylic acids is 1. The molecule has 162 valence electrons. The van der Waals surface area contributed by atoms with Gasteiger partial charge in [0.1, 0.15) is 17.2 Å². The van der Waals surface area contributed by atoms with Crippen molar-refractivity contribution in [3.8, 4) is 11.5 Å². The summed E-state index contributed by atoms with van der Waals surface area (Å²) >= 11 is 6.13. The molecule has 1 aliphatic carbocycles. The molecule has 0 unspecified atom stereocenters. The number of halogens is 1. The lowest BCUT2D eigenvalue weighted by Gasteiger charge is -2.19. The maximum atomic E-state index is 10.8. The van der Waals surface area contributed by atoms with Crippen molar-refractivity contribution in [1.29, 1.82) is 0 Å². The number of anilines is 1. The van der Waals surface area contributed by atoms with Gasteiger partial charge in [-0.15, -0.1) is 0 Å². The van der Waals surface area contributed by atoms with Crippen LogP contribution >= 0.6 is 11.6 Å². The molecule has 3 N–H and O–H groups in total. The summed E-state index contributed by atoms with van der Waals surface area (Å²) in [6, 6.07) is 12.2. The van der Waals surface area contributed by atoms with Crippen LogP contribution in [0.15, 0.2) is 71.9 Å². The average Bonchev–Trinajstić information content (AvgIpc) is 2.75. The molecule has 1 aliphatic rings. The summed E-state index contributed by atoms with van der Waals surface area (Å²) in [5, 5.41) is 15.1. The van der Waals surface area contributed by atoms with Crippen LogP contribution in [0.3, 0.4) is 0 Å². The minimum absolute atomic E-state index is 0.0362. The number of hydrazone groups is 1. The minimum Gasteiger partial charge on any atom is -0.493 e. The number of allylic oxidation sites excluding steroid dienone is 4. The normalized spacial score (nSPS) is 13.9. The van der Waals surface area contributed by atoms with Gasteiger partial charge >= 0.3 is 5.97 Å². The number of hydrogen-bond donors (Lipinski definition) is 2. The van der Waals surface area contributed by atoms with Crippen LogP contribution in [0, 0.1) is 0 Å². The number of ether oxygens (including phenoxy) is 2. The molecule has 2 aromatic rings. The van der Waals surface area contributed by atoms with Gasteiger partial charge in [0.25, 0.3) is 0 Å². The molecule has 2 aromatic carbocycles. The van der Waals surface area contributed by atoms with Crippen LogP contribution in [-0.4, -0.2) is 30.0 Å². The second-order valence-corrected chi connectivity index (χ2v) is 7.24. The van der Waals surface area contributed by atoms with Gasteiger partial charge in [-0.3, -0.25) is 4.79 Å². The van der Waals surface area contributed by atoms with Crippen LogP contribution in [0.4, 0.5) is 5.69 Å². The third kappa shape index (κ3) is 7.16. The number of hydrazine groups is 1. The van der Waals surface area contributed by atoms with E-state index in [1.807, 2.05) is 24.3 Å². The molecular formula is C23H24ClN3O4. The Morgan fingerprint density at radius 1 is 1.16 bits per heavy atom. The maximum absolute atomic E-state index is 10.8. The molecule has 0 saturated carbocycles. The first-order valence-corrected chi connectivity index (χ1v) is 10.2. The summed E-state index contributed by atoms with van der Waals surface area (Å²) in [7, 11) is 0. The van der Waals surface area contributed by atoms with Crippen molar-refractivity contribution >= 4 is 29.0 Å². The van der Waals surface area contributed by atoms with Crippen LogP contribution in [0.25, 0.3) is 0 Å². The zero-order valence-corrected chi connectivity index (χ0v) is 17.7. The molecule has 0 heterocycles. The minimum atomic E-state index is -0.876. The van der Waals surface area contributed by atoms with E-state index in [0.29, 0.717) is 53.8 Å². The Labute approximate surface area is 186 Å². The lowest BCUT2D eigenvalue weighted by Crippen LogP contribution is -2.27. The molecule has 3 rings (SSSR count). The van der Waals surface area contributed by atoms with Crippen LogP contribution < -0.4 is 20.4 Å². The Kier molecular flexibility index (Phi) is 8.09. The fraction of sp³-hybridized carbons (Fsp3) is 0.217. The fourth-order valence-corrected chi connectivity index (χ4v) is 3.08. The molecule has 7 nitrogen and oxygen atoms in total. The second kappa shape index (κ2) is 11.2. The number of benzene rings is 2. The van der Waals surface area contributed by atoms with Crippen molar-refractivity contribution in [3.63, 3.8) is 0 Å². The molecular weight excluding hydrogens is 418 g/mol. The van der Waals surface area contributed by atoms with E-state index in [4.69, 9.17) is 32.0 Å². The van der Waals surface area contributed by atoms with Crippen molar-refractivity contribution in [1.82, 2.24) is 0 Å². The molecule has 8 heteroatoms. The number of carboxylic acid groups (broad SMARTS) is 1. The quantitative estimate of drug-likeness (QED) is 0.323. The standard InChI is InChI=1S/C23H24ClN3O4/c24-18-10-11-22(21(16-18)27(25)26-19-7-2-1-3-8-19)31-13-5-12-30-20-9-4-6-17(14-20)15-23(28)29/h1-4,6-7,9-11,14,16H,5,8,12-13,15,25H2,(H,28,29)/b26-19-. The van der Waals surface area contributed by atoms with Gasteiger partial charge in [-0.05, 0) is 42.0 Å². The van der Waals surface area contributed by atoms with Gasteiger partial charge in [0.15, 0.2) is 0 Å². The van der Waals surface area contributed by atoms with E-state index in [1.165, 1.54) is 5.12 Å². The van der Waals surface area contributed by atoms with Crippen LogP contribution in [-0.2, 0) is 11.2 Å². The summed E-state index contributed by atoms with van der Waals surface area (Å²) in [4.78, 5) is 10.8. The molecule has 0 saturated heterocycles. The van der Waals surface area contributed by atoms with Crippen molar-refractivity contribution in [2.24, 2.45) is 10.9 Å². The predicted molar refractivity (Wildman–Crippen MR) is 122 cm³/mol. The molecule has 0 fully saturated rings. The zero-order chi connectivity index (χ0) is 22.1. The molecule has 0 atom stereocenters. The Hall–Kier alpha value is -3.29. The van der Waals surface area contributed by atoms with Gasteiger partial charge in [-0.2, -0.15) is 10.2 Å². The van der Waals surface area contributed by atoms with E-state index in [2.05, 4.69) is 5.10 Å². The number of carboxylic acids is 1. The Balaban J connectivity index is 1.53. The van der Waals surface area contributed by atoms with Gasteiger partial charge in [0, 0.05) is 17.9 Å². The van der Waals surface area contributed by atoms with Gasteiger partial charge in [-0.25, -0.2) is 5.84 Å². The van der Waals surface area contributed by atoms with E-state index in [1.54, 1.807) is 42.5 Å². The highest BCUT2D eigenvalue weighted by atomic mass is 35.5. The third-order valence-electron chi connectivity index (χ3n) is 4.34. The van der Waals surface area contributed by atoms with Crippen molar-refractivity contribution < 1.29 is 19.4 Å². The highest BCUT2D eigenvalue weighted by molar-refractivity contribution is 6.30. The lowest BCUT2D eigenvalue weighted by atomic mass is 10.1. The first-order chi connectivity index (χ1) is 15.0. The van der Waals surface area contributed by atoms with Gasteiger partial charge in [0.2, 0.25) is 0 Å². The first kappa shape index (κ1) is 22.4. The van der Waals surface area contributed by atoms with Crippen LogP contribution in [0.1, 0.15) is 18.4 Å². The highest BCUT2D eigenvalue weighted by Gasteiger charge is 2.11. The van der Waals surface area contributed by atoms with Gasteiger partial charge < -0.3 is 14.6 Å². The number of nitrogens with two attached hydrogens (primary N) is 1. The van der Waals surface area contributed by atoms with E-state index in [-0.39, 0.29) is 6.42 Å². The number of hydrogen-bond acceptors (Lipinski definition) is 6. The first-order valence-electron chi connectivity index (χ1n) is 9.82. The fourth-order valence-electron chi connectivity index (χ4n) is 2.91. The summed E-state index contributed by atoms with van der Waals surface area (Å²) < 4.78 is 11.6. The Morgan fingerprint density at radius 3 is 2.77 bits per heavy atom. The average molecular weight is 442 g/mol. The number of rotatable bonds is 10. The van der Waals surface area contributed by atoms with Gasteiger partial charge in [-0.1, -0.05) is 42.0 Å². The Bertz CT molecular complexity index is 1000.